The third-order valence-electron chi connectivity index (χ3n) is 5.46. The molecule has 4 nitrogen and oxygen atoms in total. The Labute approximate surface area is 117 Å². The molecule has 2 N–H and O–H groups in total. The lowest BCUT2D eigenvalue weighted by molar-refractivity contribution is 0.0133. The molecule has 2 aliphatic carbocycles. The highest BCUT2D eigenvalue weighted by Gasteiger charge is 2.59. The molecule has 0 aromatic heterocycles. The lowest BCUT2D eigenvalue weighted by Gasteiger charge is -2.48. The Morgan fingerprint density at radius 3 is 3.05 bits per heavy atom. The number of benzene rings is 1. The molecule has 1 heterocycles. The smallest absolute Gasteiger partial charge is 0.115 e. The summed E-state index contributed by atoms with van der Waals surface area (Å²) in [5.41, 5.74) is 1.43. The van der Waals surface area contributed by atoms with Crippen molar-refractivity contribution in [3.63, 3.8) is 0 Å². The highest BCUT2D eigenvalue weighted by atomic mass is 16.5. The van der Waals surface area contributed by atoms with Crippen LogP contribution in [0.5, 0.6) is 5.75 Å². The number of hydrogen-bond acceptors (Lipinski definition) is 4. The molecule has 3 aliphatic rings. The fourth-order valence-electron chi connectivity index (χ4n) is 4.57. The highest BCUT2D eigenvalue weighted by molar-refractivity contribution is 5.48. The lowest BCUT2D eigenvalue weighted by atomic mass is 9.54. The minimum absolute atomic E-state index is 0.0200. The Morgan fingerprint density at radius 1 is 1.40 bits per heavy atom. The molecule has 5 atom stereocenters. The van der Waals surface area contributed by atoms with Gasteiger partial charge in [0.15, 0.2) is 0 Å². The summed E-state index contributed by atoms with van der Waals surface area (Å²) >= 11 is 0. The Balaban J connectivity index is 1.93. The minimum atomic E-state index is -0.614. The summed E-state index contributed by atoms with van der Waals surface area (Å²) in [5.74, 6) is 0.299. The average Bonchev–Trinajstić information content (AvgIpc) is 2.88. The fourth-order valence-corrected chi connectivity index (χ4v) is 4.57. The molecule has 1 saturated heterocycles. The molecule has 0 unspecified atom stereocenters. The quantitative estimate of drug-likeness (QED) is 0.750. The first-order valence-corrected chi connectivity index (χ1v) is 7.19. The van der Waals surface area contributed by atoms with Crippen LogP contribution in [0.4, 0.5) is 0 Å². The second kappa shape index (κ2) is 3.97. The molecule has 104 valence electrons. The topological polar surface area (TPSA) is 73.5 Å². The second-order valence-electron chi connectivity index (χ2n) is 6.30. The number of phenolic OH excluding ortho intramolecular Hbond substituents is 1. The number of aromatic hydroxyl groups is 1. The molecule has 4 rings (SSSR count). The van der Waals surface area contributed by atoms with Crippen LogP contribution in [-0.2, 0) is 16.6 Å². The number of fused-ring (bicyclic) bond motifs is 2. The molecular weight excluding hydrogens is 254 g/mol. The Hall–Kier alpha value is -1.57. The number of phenols is 1. The van der Waals surface area contributed by atoms with Crippen LogP contribution in [-0.4, -0.2) is 29.0 Å². The summed E-state index contributed by atoms with van der Waals surface area (Å²) < 4.78 is 5.88. The van der Waals surface area contributed by atoms with Crippen molar-refractivity contribution in [2.45, 2.75) is 36.9 Å². The summed E-state index contributed by atoms with van der Waals surface area (Å²) in [6, 6.07) is 7.84. The zero-order valence-corrected chi connectivity index (χ0v) is 11.1. The average molecular weight is 271 g/mol. The van der Waals surface area contributed by atoms with Gasteiger partial charge in [0.05, 0.1) is 30.3 Å². The standard InChI is InChI=1S/C16H17NO3/c17-8-16-4-3-13(19)11-7-20-14(15(11)16)5-9-1-2-10(18)6-12(9)16/h1-2,6,11,13-15,18-19H,3-5,7H2/t11-,13-,14+,15+,16+/m0/s1. The van der Waals surface area contributed by atoms with E-state index in [4.69, 9.17) is 4.74 Å². The van der Waals surface area contributed by atoms with E-state index in [-0.39, 0.29) is 29.8 Å². The van der Waals surface area contributed by atoms with Gasteiger partial charge < -0.3 is 14.9 Å². The summed E-state index contributed by atoms with van der Waals surface area (Å²) in [5, 5.41) is 29.9. The molecule has 0 spiro atoms. The molecule has 0 amide bonds. The number of aliphatic hydroxyl groups is 1. The van der Waals surface area contributed by atoms with Gasteiger partial charge in [-0.2, -0.15) is 5.26 Å². The SMILES string of the molecule is N#C[C@]12CC[C@H](O)[C@@H]3CO[C@H](Cc4ccc(O)cc41)[C@@H]32. The van der Waals surface area contributed by atoms with Crippen LogP contribution in [0.15, 0.2) is 18.2 Å². The number of aliphatic hydroxyl groups excluding tert-OH is 1. The molecule has 2 fully saturated rings. The normalized spacial score (nSPS) is 41.6. The lowest BCUT2D eigenvalue weighted by Crippen LogP contribution is -2.52. The van der Waals surface area contributed by atoms with Crippen LogP contribution < -0.4 is 0 Å². The van der Waals surface area contributed by atoms with Crippen LogP contribution in [0.3, 0.4) is 0 Å². The molecule has 1 saturated carbocycles. The van der Waals surface area contributed by atoms with Gasteiger partial charge in [-0.3, -0.25) is 0 Å². The summed E-state index contributed by atoms with van der Waals surface area (Å²) in [7, 11) is 0. The van der Waals surface area contributed by atoms with Crippen molar-refractivity contribution in [2.24, 2.45) is 11.8 Å². The maximum Gasteiger partial charge on any atom is 0.115 e. The van der Waals surface area contributed by atoms with Gasteiger partial charge in [-0.1, -0.05) is 6.07 Å². The maximum absolute atomic E-state index is 10.2. The van der Waals surface area contributed by atoms with Gasteiger partial charge in [-0.15, -0.1) is 0 Å². The van der Waals surface area contributed by atoms with Gasteiger partial charge >= 0.3 is 0 Å². The van der Waals surface area contributed by atoms with E-state index in [2.05, 4.69) is 6.07 Å². The van der Waals surface area contributed by atoms with Crippen LogP contribution in [0.2, 0.25) is 0 Å². The maximum atomic E-state index is 10.2. The van der Waals surface area contributed by atoms with Gasteiger partial charge in [0.25, 0.3) is 0 Å². The van der Waals surface area contributed by atoms with E-state index in [9.17, 15) is 15.5 Å². The molecule has 0 radical (unpaired) electrons. The number of rotatable bonds is 0. The Bertz CT molecular complexity index is 608. The van der Waals surface area contributed by atoms with Crippen LogP contribution in [0, 0.1) is 23.2 Å². The molecule has 0 bridgehead atoms. The number of nitriles is 1. The van der Waals surface area contributed by atoms with Gasteiger partial charge in [-0.25, -0.2) is 0 Å². The van der Waals surface area contributed by atoms with Crippen molar-refractivity contribution in [1.29, 1.82) is 5.26 Å². The summed E-state index contributed by atoms with van der Waals surface area (Å²) in [4.78, 5) is 0. The van der Waals surface area contributed by atoms with Gasteiger partial charge in [-0.05, 0) is 42.5 Å². The minimum Gasteiger partial charge on any atom is -0.508 e. The van der Waals surface area contributed by atoms with Crippen molar-refractivity contribution in [2.75, 3.05) is 6.61 Å². The van der Waals surface area contributed by atoms with Gasteiger partial charge in [0.2, 0.25) is 0 Å². The third kappa shape index (κ3) is 1.37. The van der Waals surface area contributed by atoms with Crippen molar-refractivity contribution < 1.29 is 14.9 Å². The predicted molar refractivity (Wildman–Crippen MR) is 71.1 cm³/mol. The molecule has 1 aromatic carbocycles. The van der Waals surface area contributed by atoms with Crippen molar-refractivity contribution in [3.8, 4) is 11.8 Å². The number of ether oxygens (including phenoxy) is 1. The van der Waals surface area contributed by atoms with E-state index in [1.54, 1.807) is 12.1 Å². The fraction of sp³-hybridized carbons (Fsp3) is 0.562. The highest BCUT2D eigenvalue weighted by Crippen LogP contribution is 2.56. The first kappa shape index (κ1) is 12.2. The number of hydrogen-bond donors (Lipinski definition) is 2. The van der Waals surface area contributed by atoms with E-state index < -0.39 is 5.41 Å². The summed E-state index contributed by atoms with van der Waals surface area (Å²) in [6.07, 6.45) is 1.69. The first-order chi connectivity index (χ1) is 9.65. The van der Waals surface area contributed by atoms with Gasteiger partial charge in [0, 0.05) is 11.8 Å². The second-order valence-corrected chi connectivity index (χ2v) is 6.30. The van der Waals surface area contributed by atoms with E-state index >= 15 is 0 Å². The molecular formula is C16H17NO3. The molecule has 1 aliphatic heterocycles. The van der Waals surface area contributed by atoms with E-state index in [0.29, 0.717) is 19.4 Å². The first-order valence-electron chi connectivity index (χ1n) is 7.19. The van der Waals surface area contributed by atoms with Crippen LogP contribution in [0.1, 0.15) is 24.0 Å². The van der Waals surface area contributed by atoms with Crippen molar-refractivity contribution in [1.82, 2.24) is 0 Å². The largest absolute Gasteiger partial charge is 0.508 e. The number of nitrogens with zero attached hydrogens (tertiary/aromatic N) is 1. The monoisotopic (exact) mass is 271 g/mol. The van der Waals surface area contributed by atoms with E-state index in [0.717, 1.165) is 17.5 Å². The molecule has 20 heavy (non-hydrogen) atoms. The van der Waals surface area contributed by atoms with E-state index in [1.165, 1.54) is 0 Å². The molecule has 1 aromatic rings. The zero-order chi connectivity index (χ0) is 13.9. The predicted octanol–water partition coefficient (Wildman–Crippen LogP) is 1.50. The summed E-state index contributed by atoms with van der Waals surface area (Å²) in [6.45, 7) is 0.542. The van der Waals surface area contributed by atoms with Crippen molar-refractivity contribution in [3.05, 3.63) is 29.3 Å². The van der Waals surface area contributed by atoms with Crippen molar-refractivity contribution >= 4 is 0 Å². The Morgan fingerprint density at radius 2 is 2.25 bits per heavy atom. The van der Waals surface area contributed by atoms with Gasteiger partial charge in [0.1, 0.15) is 5.75 Å². The van der Waals surface area contributed by atoms with Crippen LogP contribution >= 0.6 is 0 Å². The zero-order valence-electron chi connectivity index (χ0n) is 11.1. The molecule has 4 heteroatoms. The Kier molecular flexibility index (Phi) is 2.42. The third-order valence-corrected chi connectivity index (χ3v) is 5.46. The van der Waals surface area contributed by atoms with Crippen LogP contribution in [0.25, 0.3) is 0 Å². The van der Waals surface area contributed by atoms with E-state index in [1.807, 2.05) is 6.07 Å².